The molecule has 0 unspecified atom stereocenters. The Balaban J connectivity index is 1.57. The van der Waals surface area contributed by atoms with Gasteiger partial charge in [0.05, 0.1) is 5.75 Å². The number of hydrogen-bond acceptors (Lipinski definition) is 3. The lowest BCUT2D eigenvalue weighted by Crippen LogP contribution is -2.33. The number of carbonyl (C=O) groups is 1. The van der Waals surface area contributed by atoms with Crippen molar-refractivity contribution in [2.45, 2.75) is 16.9 Å². The number of thioether (sulfide) groups is 1. The van der Waals surface area contributed by atoms with Gasteiger partial charge in [-0.25, -0.2) is 4.39 Å². The largest absolute Gasteiger partial charge is 0.340 e. The van der Waals surface area contributed by atoms with Gasteiger partial charge < -0.3 is 10.6 Å². The quantitative estimate of drug-likeness (QED) is 0.877. The topological polar surface area (TPSA) is 46.3 Å². The van der Waals surface area contributed by atoms with Gasteiger partial charge in [-0.1, -0.05) is 30.3 Å². The predicted octanol–water partition coefficient (Wildman–Crippen LogP) is 2.87. The minimum atomic E-state index is -0.267. The first kappa shape index (κ1) is 16.0. The Morgan fingerprint density at radius 3 is 2.52 bits per heavy atom. The van der Waals surface area contributed by atoms with Gasteiger partial charge in [-0.05, 0) is 29.8 Å². The molecule has 0 aromatic heterocycles. The molecule has 0 spiro atoms. The van der Waals surface area contributed by atoms with E-state index in [2.05, 4.69) is 12.1 Å². The second kappa shape index (κ2) is 7.15. The molecular formula is C18H19FN2OS. The number of nitrogens with zero attached hydrogens (tertiary/aromatic N) is 1. The van der Waals surface area contributed by atoms with Gasteiger partial charge in [0.25, 0.3) is 0 Å². The van der Waals surface area contributed by atoms with Crippen LogP contribution in [-0.2, 0) is 4.79 Å². The van der Waals surface area contributed by atoms with Crippen LogP contribution < -0.4 is 5.73 Å². The third-order valence-corrected chi connectivity index (χ3v) is 5.12. The first-order valence-corrected chi connectivity index (χ1v) is 8.59. The Morgan fingerprint density at radius 2 is 1.83 bits per heavy atom. The molecule has 0 saturated carbocycles. The standard InChI is InChI=1S/C18H19FN2OS/c19-14-6-8-15(9-7-14)23-12-18(22)21-10-16(17(20)11-21)13-4-2-1-3-5-13/h1-9,16-17H,10-12,20H2/t16-,17+/m0/s1. The molecule has 0 bridgehead atoms. The molecule has 0 radical (unpaired) electrons. The third-order valence-electron chi connectivity index (χ3n) is 4.12. The summed E-state index contributed by atoms with van der Waals surface area (Å²) < 4.78 is 12.9. The molecule has 2 atom stereocenters. The van der Waals surface area contributed by atoms with Crippen LogP contribution in [0.3, 0.4) is 0 Å². The molecule has 1 aliphatic heterocycles. The molecule has 23 heavy (non-hydrogen) atoms. The second-order valence-electron chi connectivity index (χ2n) is 5.72. The van der Waals surface area contributed by atoms with Crippen LogP contribution in [0.5, 0.6) is 0 Å². The van der Waals surface area contributed by atoms with Gasteiger partial charge >= 0.3 is 0 Å². The monoisotopic (exact) mass is 330 g/mol. The zero-order valence-electron chi connectivity index (χ0n) is 12.7. The van der Waals surface area contributed by atoms with Crippen LogP contribution in [0.15, 0.2) is 59.5 Å². The van der Waals surface area contributed by atoms with Gasteiger partial charge in [0, 0.05) is 29.9 Å². The number of amides is 1. The van der Waals surface area contributed by atoms with Crippen molar-refractivity contribution in [2.24, 2.45) is 5.73 Å². The number of carbonyl (C=O) groups excluding carboxylic acids is 1. The van der Waals surface area contributed by atoms with Gasteiger partial charge in [-0.2, -0.15) is 0 Å². The molecule has 2 aromatic carbocycles. The van der Waals surface area contributed by atoms with Crippen LogP contribution in [0.1, 0.15) is 11.5 Å². The fraction of sp³-hybridized carbons (Fsp3) is 0.278. The van der Waals surface area contributed by atoms with E-state index in [1.54, 1.807) is 12.1 Å². The minimum Gasteiger partial charge on any atom is -0.340 e. The van der Waals surface area contributed by atoms with Crippen molar-refractivity contribution in [3.05, 3.63) is 66.0 Å². The summed E-state index contributed by atoms with van der Waals surface area (Å²) in [5, 5.41) is 0. The Bertz CT molecular complexity index is 662. The summed E-state index contributed by atoms with van der Waals surface area (Å²) in [6.45, 7) is 1.25. The van der Waals surface area contributed by atoms with E-state index >= 15 is 0 Å². The van der Waals surface area contributed by atoms with Crippen molar-refractivity contribution < 1.29 is 9.18 Å². The summed E-state index contributed by atoms with van der Waals surface area (Å²) in [5.41, 5.74) is 7.40. The maximum absolute atomic E-state index is 12.9. The summed E-state index contributed by atoms with van der Waals surface area (Å²) in [4.78, 5) is 15.1. The van der Waals surface area contributed by atoms with Gasteiger partial charge in [0.1, 0.15) is 5.82 Å². The van der Waals surface area contributed by atoms with E-state index in [0.717, 1.165) is 4.90 Å². The molecule has 1 aliphatic rings. The maximum Gasteiger partial charge on any atom is 0.233 e. The summed E-state index contributed by atoms with van der Waals surface area (Å²) in [6, 6.07) is 16.3. The summed E-state index contributed by atoms with van der Waals surface area (Å²) in [7, 11) is 0. The molecule has 0 aliphatic carbocycles. The van der Waals surface area contributed by atoms with E-state index in [1.807, 2.05) is 23.1 Å². The predicted molar refractivity (Wildman–Crippen MR) is 90.9 cm³/mol. The molecule has 1 fully saturated rings. The smallest absolute Gasteiger partial charge is 0.233 e. The van der Waals surface area contributed by atoms with Crippen LogP contribution >= 0.6 is 11.8 Å². The van der Waals surface area contributed by atoms with Crippen LogP contribution in [0.2, 0.25) is 0 Å². The van der Waals surface area contributed by atoms with Crippen molar-refractivity contribution in [3.63, 3.8) is 0 Å². The molecule has 1 amide bonds. The highest BCUT2D eigenvalue weighted by Gasteiger charge is 2.33. The number of benzene rings is 2. The van der Waals surface area contributed by atoms with Crippen LogP contribution in [-0.4, -0.2) is 35.7 Å². The van der Waals surface area contributed by atoms with Crippen molar-refractivity contribution in [1.29, 1.82) is 0 Å². The van der Waals surface area contributed by atoms with E-state index in [4.69, 9.17) is 5.73 Å². The third kappa shape index (κ3) is 3.92. The highest BCUT2D eigenvalue weighted by molar-refractivity contribution is 8.00. The van der Waals surface area contributed by atoms with Crippen molar-refractivity contribution in [1.82, 2.24) is 4.90 Å². The van der Waals surface area contributed by atoms with Crippen molar-refractivity contribution in [2.75, 3.05) is 18.8 Å². The van der Waals surface area contributed by atoms with E-state index in [9.17, 15) is 9.18 Å². The van der Waals surface area contributed by atoms with Crippen LogP contribution in [0.25, 0.3) is 0 Å². The fourth-order valence-corrected chi connectivity index (χ4v) is 3.65. The van der Waals surface area contributed by atoms with E-state index in [1.165, 1.54) is 29.5 Å². The summed E-state index contributed by atoms with van der Waals surface area (Å²) in [6.07, 6.45) is 0. The number of nitrogens with two attached hydrogens (primary N) is 1. The molecule has 120 valence electrons. The lowest BCUT2D eigenvalue weighted by Gasteiger charge is -2.16. The number of likely N-dealkylation sites (tertiary alicyclic amines) is 1. The molecule has 1 heterocycles. The normalized spacial score (nSPS) is 20.7. The van der Waals surface area contributed by atoms with Crippen LogP contribution in [0.4, 0.5) is 4.39 Å². The second-order valence-corrected chi connectivity index (χ2v) is 6.77. The average Bonchev–Trinajstić information content (AvgIpc) is 2.97. The highest BCUT2D eigenvalue weighted by atomic mass is 32.2. The molecule has 5 heteroatoms. The molecule has 3 nitrogen and oxygen atoms in total. The number of halogens is 1. The summed E-state index contributed by atoms with van der Waals surface area (Å²) >= 11 is 1.42. The maximum atomic E-state index is 12.9. The average molecular weight is 330 g/mol. The van der Waals surface area contributed by atoms with Crippen molar-refractivity contribution >= 4 is 17.7 Å². The lowest BCUT2D eigenvalue weighted by molar-refractivity contribution is -0.127. The van der Waals surface area contributed by atoms with E-state index < -0.39 is 0 Å². The first-order chi connectivity index (χ1) is 11.1. The zero-order valence-corrected chi connectivity index (χ0v) is 13.5. The van der Waals surface area contributed by atoms with Crippen LogP contribution in [0, 0.1) is 5.82 Å². The number of rotatable bonds is 4. The van der Waals surface area contributed by atoms with E-state index in [0.29, 0.717) is 18.8 Å². The van der Waals surface area contributed by atoms with E-state index in [-0.39, 0.29) is 23.7 Å². The summed E-state index contributed by atoms with van der Waals surface area (Å²) in [5.74, 6) is 0.348. The van der Waals surface area contributed by atoms with Crippen molar-refractivity contribution in [3.8, 4) is 0 Å². The molecule has 1 saturated heterocycles. The Morgan fingerprint density at radius 1 is 1.13 bits per heavy atom. The molecular weight excluding hydrogens is 311 g/mol. The Labute approximate surface area is 139 Å². The Kier molecular flexibility index (Phi) is 4.98. The van der Waals surface area contributed by atoms with Gasteiger partial charge in [0.2, 0.25) is 5.91 Å². The molecule has 2 N–H and O–H groups in total. The number of hydrogen-bond donors (Lipinski definition) is 1. The SMILES string of the molecule is N[C@@H]1CN(C(=O)CSc2ccc(F)cc2)C[C@H]1c1ccccc1. The molecule has 3 rings (SSSR count). The van der Waals surface area contributed by atoms with Gasteiger partial charge in [-0.3, -0.25) is 4.79 Å². The minimum absolute atomic E-state index is 0.0304. The first-order valence-electron chi connectivity index (χ1n) is 7.60. The molecule has 2 aromatic rings. The zero-order chi connectivity index (χ0) is 16.2. The van der Waals surface area contributed by atoms with Gasteiger partial charge in [0.15, 0.2) is 0 Å². The lowest BCUT2D eigenvalue weighted by atomic mass is 9.95. The van der Waals surface area contributed by atoms with Gasteiger partial charge in [-0.15, -0.1) is 11.8 Å². The fourth-order valence-electron chi connectivity index (χ4n) is 2.85. The highest BCUT2D eigenvalue weighted by Crippen LogP contribution is 2.27. The Hall–Kier alpha value is -1.85.